The van der Waals surface area contributed by atoms with Gasteiger partial charge in [0.2, 0.25) is 0 Å². The van der Waals surface area contributed by atoms with E-state index in [0.29, 0.717) is 0 Å². The number of anilines is 1. The van der Waals surface area contributed by atoms with Crippen LogP contribution in [0.5, 0.6) is 5.75 Å². The summed E-state index contributed by atoms with van der Waals surface area (Å²) in [5.74, 6) is 0.771. The van der Waals surface area contributed by atoms with Gasteiger partial charge in [-0.05, 0) is 39.4 Å². The number of benzene rings is 1. The van der Waals surface area contributed by atoms with E-state index < -0.39 is 0 Å². The molecule has 0 bridgehead atoms. The summed E-state index contributed by atoms with van der Waals surface area (Å²) in [6, 6.07) is 3.85. The molecule has 0 radical (unpaired) electrons. The summed E-state index contributed by atoms with van der Waals surface area (Å²) in [6.45, 7) is 7.06. The molecule has 2 N–H and O–H groups in total. The number of likely N-dealkylation sites (N-methyl/N-ethyl adjacent to an activating group) is 1. The van der Waals surface area contributed by atoms with E-state index in [-0.39, 0.29) is 5.54 Å². The van der Waals surface area contributed by atoms with Crippen LogP contribution in [0.25, 0.3) is 0 Å². The second kappa shape index (κ2) is 5.61. The van der Waals surface area contributed by atoms with Gasteiger partial charge in [-0.1, -0.05) is 11.6 Å². The van der Waals surface area contributed by atoms with Crippen molar-refractivity contribution < 1.29 is 4.74 Å². The highest BCUT2D eigenvalue weighted by Crippen LogP contribution is 2.31. The molecule has 0 aliphatic carbocycles. The van der Waals surface area contributed by atoms with Crippen LogP contribution >= 0.6 is 11.6 Å². The molecule has 0 atom stereocenters. The largest absolute Gasteiger partial charge is 0.495 e. The highest BCUT2D eigenvalue weighted by Gasteiger charge is 2.15. The van der Waals surface area contributed by atoms with E-state index in [1.807, 2.05) is 26.1 Å². The lowest BCUT2D eigenvalue weighted by Gasteiger charge is -2.25. The van der Waals surface area contributed by atoms with Gasteiger partial charge in [0.1, 0.15) is 5.75 Å². The maximum absolute atomic E-state index is 6.06. The van der Waals surface area contributed by atoms with Gasteiger partial charge in [-0.25, -0.2) is 0 Å². The minimum Gasteiger partial charge on any atom is -0.495 e. The summed E-state index contributed by atoms with van der Waals surface area (Å²) < 4.78 is 5.31. The van der Waals surface area contributed by atoms with Crippen LogP contribution in [-0.2, 0) is 0 Å². The molecule has 17 heavy (non-hydrogen) atoms. The van der Waals surface area contributed by atoms with Gasteiger partial charge in [0, 0.05) is 23.2 Å². The van der Waals surface area contributed by atoms with Crippen LogP contribution in [0, 0.1) is 6.92 Å². The first-order chi connectivity index (χ1) is 7.89. The molecule has 96 valence electrons. The summed E-state index contributed by atoms with van der Waals surface area (Å²) in [6.07, 6.45) is 0. The Morgan fingerprint density at radius 2 is 2.00 bits per heavy atom. The van der Waals surface area contributed by atoms with Gasteiger partial charge in [0.25, 0.3) is 0 Å². The summed E-state index contributed by atoms with van der Waals surface area (Å²) in [5, 5.41) is 7.35. The first kappa shape index (κ1) is 14.1. The van der Waals surface area contributed by atoms with E-state index in [0.717, 1.165) is 28.6 Å². The SMILES string of the molecule is CNC(C)(C)CNc1cc(C)c(Cl)cc1OC. The Hall–Kier alpha value is -0.930. The van der Waals surface area contributed by atoms with Crippen LogP contribution in [0.1, 0.15) is 19.4 Å². The summed E-state index contributed by atoms with van der Waals surface area (Å²) in [5.41, 5.74) is 2.04. The Morgan fingerprint density at radius 3 is 2.53 bits per heavy atom. The Labute approximate surface area is 109 Å². The predicted octanol–water partition coefficient (Wildman–Crippen LogP) is 3.07. The number of nitrogens with one attached hydrogen (secondary N) is 2. The normalized spacial score (nSPS) is 11.4. The molecule has 0 spiro atoms. The molecular weight excluding hydrogens is 236 g/mol. The number of hydrogen-bond donors (Lipinski definition) is 2. The van der Waals surface area contributed by atoms with Crippen molar-refractivity contribution in [1.82, 2.24) is 5.32 Å². The van der Waals surface area contributed by atoms with E-state index in [2.05, 4.69) is 24.5 Å². The van der Waals surface area contributed by atoms with Gasteiger partial charge in [-0.2, -0.15) is 0 Å². The van der Waals surface area contributed by atoms with Crippen molar-refractivity contribution in [2.24, 2.45) is 0 Å². The van der Waals surface area contributed by atoms with Gasteiger partial charge in [0.05, 0.1) is 12.8 Å². The predicted molar refractivity (Wildman–Crippen MR) is 74.4 cm³/mol. The molecule has 4 heteroatoms. The summed E-state index contributed by atoms with van der Waals surface area (Å²) >= 11 is 6.06. The molecule has 1 rings (SSSR count). The van der Waals surface area contributed by atoms with Gasteiger partial charge >= 0.3 is 0 Å². The van der Waals surface area contributed by atoms with E-state index in [1.165, 1.54) is 0 Å². The van der Waals surface area contributed by atoms with Crippen LogP contribution in [-0.4, -0.2) is 26.2 Å². The molecule has 0 fully saturated rings. The molecule has 0 unspecified atom stereocenters. The lowest BCUT2D eigenvalue weighted by Crippen LogP contribution is -2.42. The third kappa shape index (κ3) is 3.79. The van der Waals surface area contributed by atoms with Crippen molar-refractivity contribution in [2.45, 2.75) is 26.3 Å². The van der Waals surface area contributed by atoms with Crippen LogP contribution in [0.15, 0.2) is 12.1 Å². The molecule has 0 amide bonds. The standard InChI is InChI=1S/C13H21ClN2O/c1-9-6-11(12(17-5)7-10(9)14)16-8-13(2,3)15-4/h6-7,15-16H,8H2,1-5H3. The molecule has 0 aromatic heterocycles. The number of aryl methyl sites for hydroxylation is 1. The van der Waals surface area contributed by atoms with Crippen LogP contribution in [0.4, 0.5) is 5.69 Å². The zero-order chi connectivity index (χ0) is 13.1. The molecule has 1 aromatic rings. The quantitative estimate of drug-likeness (QED) is 0.850. The number of hydrogen-bond acceptors (Lipinski definition) is 3. The van der Waals surface area contributed by atoms with Crippen LogP contribution in [0.2, 0.25) is 5.02 Å². The molecule has 3 nitrogen and oxygen atoms in total. The monoisotopic (exact) mass is 256 g/mol. The van der Waals surface area contributed by atoms with Crippen molar-refractivity contribution in [2.75, 3.05) is 26.0 Å². The maximum Gasteiger partial charge on any atom is 0.143 e. The second-order valence-electron chi connectivity index (χ2n) is 4.79. The highest BCUT2D eigenvalue weighted by molar-refractivity contribution is 6.31. The Balaban J connectivity index is 2.87. The third-order valence-electron chi connectivity index (χ3n) is 2.88. The minimum absolute atomic E-state index is 0.0263. The molecule has 0 saturated heterocycles. The van der Waals surface area contributed by atoms with Crippen LogP contribution < -0.4 is 15.4 Å². The van der Waals surface area contributed by atoms with Gasteiger partial charge in [-0.3, -0.25) is 0 Å². The van der Waals surface area contributed by atoms with Crippen molar-refractivity contribution >= 4 is 17.3 Å². The van der Waals surface area contributed by atoms with Crippen molar-refractivity contribution in [1.29, 1.82) is 0 Å². The summed E-state index contributed by atoms with van der Waals surface area (Å²) in [7, 11) is 3.60. The average molecular weight is 257 g/mol. The zero-order valence-electron chi connectivity index (χ0n) is 11.1. The first-order valence-electron chi connectivity index (χ1n) is 5.66. The van der Waals surface area contributed by atoms with Crippen molar-refractivity contribution in [3.8, 4) is 5.75 Å². The fraction of sp³-hybridized carbons (Fsp3) is 0.538. The molecule has 0 aliphatic rings. The van der Waals surface area contributed by atoms with Crippen LogP contribution in [0.3, 0.4) is 0 Å². The smallest absolute Gasteiger partial charge is 0.143 e. The minimum atomic E-state index is 0.0263. The maximum atomic E-state index is 6.06. The Kier molecular flexibility index (Phi) is 4.66. The average Bonchev–Trinajstić information content (AvgIpc) is 2.30. The Morgan fingerprint density at radius 1 is 1.35 bits per heavy atom. The Bertz CT molecular complexity index is 391. The second-order valence-corrected chi connectivity index (χ2v) is 5.20. The molecular formula is C13H21ClN2O. The van der Waals surface area contributed by atoms with E-state index >= 15 is 0 Å². The number of rotatable bonds is 5. The molecule has 0 heterocycles. The molecule has 0 saturated carbocycles. The highest BCUT2D eigenvalue weighted by atomic mass is 35.5. The topological polar surface area (TPSA) is 33.3 Å². The lowest BCUT2D eigenvalue weighted by molar-refractivity contribution is 0.413. The lowest BCUT2D eigenvalue weighted by atomic mass is 10.1. The number of halogens is 1. The number of methoxy groups -OCH3 is 1. The van der Waals surface area contributed by atoms with E-state index in [1.54, 1.807) is 7.11 Å². The third-order valence-corrected chi connectivity index (χ3v) is 3.29. The van der Waals surface area contributed by atoms with Crippen molar-refractivity contribution in [3.05, 3.63) is 22.7 Å². The number of ether oxygens (including phenoxy) is 1. The van der Waals surface area contributed by atoms with E-state index in [4.69, 9.17) is 16.3 Å². The zero-order valence-corrected chi connectivity index (χ0v) is 11.9. The molecule has 0 aliphatic heterocycles. The molecule has 1 aromatic carbocycles. The fourth-order valence-corrected chi connectivity index (χ4v) is 1.53. The van der Waals surface area contributed by atoms with Gasteiger partial charge < -0.3 is 15.4 Å². The van der Waals surface area contributed by atoms with E-state index in [9.17, 15) is 0 Å². The summed E-state index contributed by atoms with van der Waals surface area (Å²) in [4.78, 5) is 0. The fourth-order valence-electron chi connectivity index (χ4n) is 1.37. The first-order valence-corrected chi connectivity index (χ1v) is 6.04. The van der Waals surface area contributed by atoms with Gasteiger partial charge in [0.15, 0.2) is 0 Å². The van der Waals surface area contributed by atoms with Crippen molar-refractivity contribution in [3.63, 3.8) is 0 Å². The van der Waals surface area contributed by atoms with Gasteiger partial charge in [-0.15, -0.1) is 0 Å².